The van der Waals surface area contributed by atoms with Crippen LogP contribution in [0.4, 0.5) is 11.9 Å². The van der Waals surface area contributed by atoms with E-state index < -0.39 is 0 Å². The lowest BCUT2D eigenvalue weighted by Crippen LogP contribution is -2.48. The van der Waals surface area contributed by atoms with E-state index in [0.717, 1.165) is 11.3 Å². The summed E-state index contributed by atoms with van der Waals surface area (Å²) in [5, 5.41) is 24.3. The molecule has 1 aromatic carbocycles. The van der Waals surface area contributed by atoms with Gasteiger partial charge in [-0.05, 0) is 29.6 Å². The number of hydrogen-bond donors (Lipinski definition) is 3. The molecule has 0 saturated carbocycles. The van der Waals surface area contributed by atoms with Gasteiger partial charge in [0.1, 0.15) is 11.6 Å². The van der Waals surface area contributed by atoms with Gasteiger partial charge in [0.15, 0.2) is 6.04 Å². The zero-order valence-corrected chi connectivity index (χ0v) is 11.3. The molecule has 4 N–H and O–H groups in total. The number of nitrogens with one attached hydrogen (secondary N) is 2. The number of H-pyrrole nitrogens is 1. The number of anilines is 2. The van der Waals surface area contributed by atoms with Crippen molar-refractivity contribution in [2.75, 3.05) is 11.1 Å². The highest BCUT2D eigenvalue weighted by molar-refractivity contribution is 5.47. The molecule has 0 saturated heterocycles. The summed E-state index contributed by atoms with van der Waals surface area (Å²) in [5.41, 5.74) is 8.46. The fraction of sp³-hybridized carbons (Fsp3) is 0.143. The predicted molar refractivity (Wildman–Crippen MR) is 74.4 cm³/mol. The van der Waals surface area contributed by atoms with Crippen LogP contribution in [0.1, 0.15) is 24.1 Å². The Labute approximate surface area is 120 Å². The van der Waals surface area contributed by atoms with Crippen LogP contribution in [0, 0.1) is 22.7 Å². The van der Waals surface area contributed by atoms with Crippen molar-refractivity contribution in [1.82, 2.24) is 10.1 Å². The van der Waals surface area contributed by atoms with Crippen molar-refractivity contribution in [1.29, 1.82) is 10.5 Å². The highest BCUT2D eigenvalue weighted by Gasteiger charge is 2.35. The molecule has 21 heavy (non-hydrogen) atoms. The van der Waals surface area contributed by atoms with E-state index >= 15 is 0 Å². The summed E-state index contributed by atoms with van der Waals surface area (Å²) in [4.78, 5) is 4.16. The second-order valence-corrected chi connectivity index (χ2v) is 4.71. The maximum atomic E-state index is 9.45. The number of allylic oxidation sites excluding steroid dienone is 2. The van der Waals surface area contributed by atoms with Gasteiger partial charge in [0.05, 0.1) is 17.3 Å². The van der Waals surface area contributed by atoms with Crippen LogP contribution in [0.2, 0.25) is 0 Å². The number of aromatic amines is 1. The Morgan fingerprint density at radius 2 is 1.95 bits per heavy atom. The Kier molecular flexibility index (Phi) is 2.82. The van der Waals surface area contributed by atoms with Crippen molar-refractivity contribution in [2.45, 2.75) is 13.0 Å². The van der Waals surface area contributed by atoms with Crippen LogP contribution in [0.3, 0.4) is 0 Å². The largest absolute Gasteiger partial charge is 0.418 e. The van der Waals surface area contributed by atoms with Crippen molar-refractivity contribution in [3.63, 3.8) is 0 Å². The lowest BCUT2D eigenvalue weighted by molar-refractivity contribution is -0.746. The van der Waals surface area contributed by atoms with Gasteiger partial charge in [0.2, 0.25) is 0 Å². The third-order valence-corrected chi connectivity index (χ3v) is 3.40. The number of hydrogen-bond acceptors (Lipinski definition) is 5. The van der Waals surface area contributed by atoms with Crippen molar-refractivity contribution in [2.24, 2.45) is 0 Å². The van der Waals surface area contributed by atoms with Crippen molar-refractivity contribution < 1.29 is 4.68 Å². The SMILES string of the molecule is CC1=C(C#N)C(c2ccc(C#N)cc2)[n+]2[nH]c(N)nc2N1. The summed E-state index contributed by atoms with van der Waals surface area (Å²) in [6, 6.07) is 11.1. The first-order valence-corrected chi connectivity index (χ1v) is 6.29. The summed E-state index contributed by atoms with van der Waals surface area (Å²) in [6.45, 7) is 1.82. The zero-order valence-electron chi connectivity index (χ0n) is 11.3. The second kappa shape index (κ2) is 4.66. The fourth-order valence-electron chi connectivity index (χ4n) is 2.41. The Bertz CT molecular complexity index is 814. The van der Waals surface area contributed by atoms with Gasteiger partial charge in [0.25, 0.3) is 0 Å². The van der Waals surface area contributed by atoms with Gasteiger partial charge < -0.3 is 5.73 Å². The van der Waals surface area contributed by atoms with E-state index in [1.807, 2.05) is 19.1 Å². The van der Waals surface area contributed by atoms with E-state index in [1.54, 1.807) is 16.8 Å². The van der Waals surface area contributed by atoms with Gasteiger partial charge in [-0.25, -0.2) is 10.4 Å². The van der Waals surface area contributed by atoms with Gasteiger partial charge in [-0.1, -0.05) is 12.1 Å². The normalized spacial score (nSPS) is 16.6. The Balaban J connectivity index is 2.17. The third-order valence-electron chi connectivity index (χ3n) is 3.40. The molecule has 1 atom stereocenters. The van der Waals surface area contributed by atoms with Crippen LogP contribution in [-0.2, 0) is 0 Å². The second-order valence-electron chi connectivity index (χ2n) is 4.71. The number of rotatable bonds is 1. The molecule has 0 aliphatic carbocycles. The fourth-order valence-corrected chi connectivity index (χ4v) is 2.41. The smallest absolute Gasteiger partial charge is 0.353 e. The van der Waals surface area contributed by atoms with Crippen LogP contribution in [-0.4, -0.2) is 10.1 Å². The van der Waals surface area contributed by atoms with Gasteiger partial charge in [-0.2, -0.15) is 10.5 Å². The standard InChI is InChI=1S/C14H11N7/c1-8-11(7-16)12(10-4-2-9(6-15)3-5-10)21-14(18-8)19-13(17)20-21/h2-5,12H,1H3,(H3,17,18,19,20)/p+1. The number of benzene rings is 1. The number of nitriles is 2. The van der Waals surface area contributed by atoms with E-state index in [-0.39, 0.29) is 12.0 Å². The van der Waals surface area contributed by atoms with Crippen LogP contribution >= 0.6 is 0 Å². The predicted octanol–water partition coefficient (Wildman–Crippen LogP) is 0.964. The molecule has 0 radical (unpaired) electrons. The van der Waals surface area contributed by atoms with E-state index in [2.05, 4.69) is 27.5 Å². The van der Waals surface area contributed by atoms with E-state index in [1.165, 1.54) is 0 Å². The first kappa shape index (κ1) is 12.7. The van der Waals surface area contributed by atoms with Crippen LogP contribution < -0.4 is 15.7 Å². The summed E-state index contributed by atoms with van der Waals surface area (Å²) in [7, 11) is 0. The minimum atomic E-state index is -0.344. The summed E-state index contributed by atoms with van der Waals surface area (Å²) in [6.07, 6.45) is 0. The average molecular weight is 278 g/mol. The Hall–Kier alpha value is -3.32. The molecule has 1 aliphatic rings. The molecule has 0 amide bonds. The molecule has 2 heterocycles. The number of nitrogens with zero attached hydrogens (tertiary/aromatic N) is 4. The van der Waals surface area contributed by atoms with Gasteiger partial charge in [-0.15, -0.1) is 4.68 Å². The molecule has 0 fully saturated rings. The third kappa shape index (κ3) is 1.97. The van der Waals surface area contributed by atoms with E-state index in [4.69, 9.17) is 11.0 Å². The summed E-state index contributed by atoms with van der Waals surface area (Å²) in [5.74, 6) is 0.821. The summed E-state index contributed by atoms with van der Waals surface area (Å²) < 4.78 is 1.71. The lowest BCUT2D eigenvalue weighted by atomic mass is 9.96. The zero-order chi connectivity index (χ0) is 15.0. The molecule has 7 heteroatoms. The van der Waals surface area contributed by atoms with Crippen LogP contribution in [0.5, 0.6) is 0 Å². The van der Waals surface area contributed by atoms with Gasteiger partial charge >= 0.3 is 11.9 Å². The molecule has 0 spiro atoms. The van der Waals surface area contributed by atoms with Crippen LogP contribution in [0.25, 0.3) is 0 Å². The molecular weight excluding hydrogens is 266 g/mol. The first-order valence-electron chi connectivity index (χ1n) is 6.29. The maximum Gasteiger partial charge on any atom is 0.418 e. The molecule has 2 aromatic rings. The molecule has 7 nitrogen and oxygen atoms in total. The molecule has 1 unspecified atom stereocenters. The Morgan fingerprint density at radius 3 is 2.57 bits per heavy atom. The van der Waals surface area contributed by atoms with Crippen molar-refractivity contribution >= 4 is 11.9 Å². The van der Waals surface area contributed by atoms with Crippen LogP contribution in [0.15, 0.2) is 35.5 Å². The molecule has 102 valence electrons. The molecule has 0 bridgehead atoms. The minimum Gasteiger partial charge on any atom is -0.353 e. The minimum absolute atomic E-state index is 0.267. The van der Waals surface area contributed by atoms with Crippen molar-refractivity contribution in [3.8, 4) is 12.1 Å². The molecule has 1 aliphatic heterocycles. The highest BCUT2D eigenvalue weighted by atomic mass is 15.4. The van der Waals surface area contributed by atoms with E-state index in [0.29, 0.717) is 17.1 Å². The number of nitrogens with two attached hydrogens (primary N) is 1. The number of aromatic nitrogens is 3. The monoisotopic (exact) mass is 278 g/mol. The number of fused-ring (bicyclic) bond motifs is 1. The summed E-state index contributed by atoms with van der Waals surface area (Å²) >= 11 is 0. The van der Waals surface area contributed by atoms with Gasteiger partial charge in [-0.3, -0.25) is 0 Å². The average Bonchev–Trinajstić information content (AvgIpc) is 2.85. The number of nitrogen functional groups attached to an aromatic ring is 1. The molecule has 1 aromatic heterocycles. The molecular formula is C14H12N7+. The van der Waals surface area contributed by atoms with Gasteiger partial charge in [0, 0.05) is 0 Å². The molecule has 3 rings (SSSR count). The topological polar surface area (TPSA) is 118 Å². The Morgan fingerprint density at radius 1 is 1.24 bits per heavy atom. The quantitative estimate of drug-likeness (QED) is 0.671. The van der Waals surface area contributed by atoms with E-state index in [9.17, 15) is 5.26 Å². The lowest BCUT2D eigenvalue weighted by Gasteiger charge is -2.20. The maximum absolute atomic E-state index is 9.45. The highest BCUT2D eigenvalue weighted by Crippen LogP contribution is 2.28. The van der Waals surface area contributed by atoms with Crippen molar-refractivity contribution in [3.05, 3.63) is 46.7 Å². The first-order chi connectivity index (χ1) is 10.1.